The molecule has 2 rings (SSSR count). The Kier molecular flexibility index (Phi) is 5.64. The molecular formula is C16H15ClN4O3S. The van der Waals surface area contributed by atoms with Crippen LogP contribution in [0.4, 0.5) is 16.2 Å². The van der Waals surface area contributed by atoms with E-state index in [0.29, 0.717) is 11.3 Å². The third kappa shape index (κ3) is 4.28. The fourth-order valence-electron chi connectivity index (χ4n) is 1.94. The van der Waals surface area contributed by atoms with E-state index in [1.165, 1.54) is 32.3 Å². The Morgan fingerprint density at radius 1 is 1.12 bits per heavy atom. The van der Waals surface area contributed by atoms with Gasteiger partial charge in [-0.15, -0.1) is 0 Å². The second-order valence-electron chi connectivity index (χ2n) is 5.17. The van der Waals surface area contributed by atoms with Crippen molar-refractivity contribution >= 4 is 39.0 Å². The highest BCUT2D eigenvalue weighted by atomic mass is 35.5. The van der Waals surface area contributed by atoms with E-state index in [2.05, 4.69) is 10.6 Å². The molecule has 0 heterocycles. The molecule has 130 valence electrons. The monoisotopic (exact) mass is 378 g/mol. The number of carbonyl (C=O) groups is 1. The van der Waals surface area contributed by atoms with Crippen molar-refractivity contribution in [2.24, 2.45) is 0 Å². The molecule has 2 aromatic carbocycles. The first kappa shape index (κ1) is 18.7. The molecule has 7 nitrogen and oxygen atoms in total. The van der Waals surface area contributed by atoms with Crippen molar-refractivity contribution in [2.75, 3.05) is 24.7 Å². The topological polar surface area (TPSA) is 102 Å². The summed E-state index contributed by atoms with van der Waals surface area (Å²) in [6.07, 6.45) is 0. The SMILES string of the molecule is CN(C)S(=O)(=O)c1ccc(Cl)c(NC(=O)Nc2ccccc2C#N)c1. The zero-order valence-electron chi connectivity index (χ0n) is 13.4. The minimum atomic E-state index is -3.66. The Morgan fingerprint density at radius 3 is 2.40 bits per heavy atom. The van der Waals surface area contributed by atoms with Gasteiger partial charge in [-0.25, -0.2) is 17.5 Å². The van der Waals surface area contributed by atoms with Crippen LogP contribution in [0.1, 0.15) is 5.56 Å². The van der Waals surface area contributed by atoms with Crippen LogP contribution in [0.15, 0.2) is 47.4 Å². The summed E-state index contributed by atoms with van der Waals surface area (Å²) in [6.45, 7) is 0. The van der Waals surface area contributed by atoms with Gasteiger partial charge in [0.15, 0.2) is 0 Å². The lowest BCUT2D eigenvalue weighted by Gasteiger charge is -2.14. The molecule has 2 N–H and O–H groups in total. The number of carbonyl (C=O) groups excluding carboxylic acids is 1. The largest absolute Gasteiger partial charge is 0.323 e. The van der Waals surface area contributed by atoms with Crippen LogP contribution in [-0.4, -0.2) is 32.8 Å². The Bertz CT molecular complexity index is 952. The zero-order valence-corrected chi connectivity index (χ0v) is 15.0. The molecule has 0 atom stereocenters. The van der Waals surface area contributed by atoms with Crippen molar-refractivity contribution in [3.8, 4) is 6.07 Å². The average molecular weight is 379 g/mol. The zero-order chi connectivity index (χ0) is 18.6. The fraction of sp³-hybridized carbons (Fsp3) is 0.125. The Balaban J connectivity index is 2.25. The van der Waals surface area contributed by atoms with Crippen LogP contribution in [-0.2, 0) is 10.0 Å². The third-order valence-electron chi connectivity index (χ3n) is 3.26. The van der Waals surface area contributed by atoms with Gasteiger partial charge >= 0.3 is 6.03 Å². The van der Waals surface area contributed by atoms with Gasteiger partial charge in [-0.3, -0.25) is 0 Å². The van der Waals surface area contributed by atoms with E-state index in [-0.39, 0.29) is 15.6 Å². The first-order valence-corrected chi connectivity index (χ1v) is 8.86. The van der Waals surface area contributed by atoms with Crippen LogP contribution >= 0.6 is 11.6 Å². The average Bonchev–Trinajstić information content (AvgIpc) is 2.57. The molecule has 0 unspecified atom stereocenters. The van der Waals surface area contributed by atoms with E-state index in [0.717, 1.165) is 4.31 Å². The van der Waals surface area contributed by atoms with E-state index in [1.54, 1.807) is 24.3 Å². The Hall–Kier alpha value is -2.60. The van der Waals surface area contributed by atoms with Gasteiger partial charge in [0.1, 0.15) is 6.07 Å². The van der Waals surface area contributed by atoms with Crippen molar-refractivity contribution in [2.45, 2.75) is 4.90 Å². The van der Waals surface area contributed by atoms with Crippen molar-refractivity contribution < 1.29 is 13.2 Å². The molecule has 0 radical (unpaired) electrons. The Morgan fingerprint density at radius 2 is 1.76 bits per heavy atom. The summed E-state index contributed by atoms with van der Waals surface area (Å²) in [4.78, 5) is 12.1. The quantitative estimate of drug-likeness (QED) is 0.853. The second-order valence-corrected chi connectivity index (χ2v) is 7.72. The van der Waals surface area contributed by atoms with Crippen LogP contribution < -0.4 is 10.6 Å². The number of nitrogens with one attached hydrogen (secondary N) is 2. The van der Waals surface area contributed by atoms with E-state index in [4.69, 9.17) is 16.9 Å². The first-order valence-electron chi connectivity index (χ1n) is 7.05. The molecule has 0 spiro atoms. The molecule has 0 aliphatic heterocycles. The third-order valence-corrected chi connectivity index (χ3v) is 5.40. The van der Waals surface area contributed by atoms with E-state index >= 15 is 0 Å². The van der Waals surface area contributed by atoms with Crippen LogP contribution in [0, 0.1) is 11.3 Å². The van der Waals surface area contributed by atoms with E-state index in [1.807, 2.05) is 6.07 Å². The molecule has 0 bridgehead atoms. The predicted molar refractivity (Wildman–Crippen MR) is 96.1 cm³/mol. The van der Waals surface area contributed by atoms with E-state index < -0.39 is 16.1 Å². The fourth-order valence-corrected chi connectivity index (χ4v) is 3.03. The molecular weight excluding hydrogens is 364 g/mol. The van der Waals surface area contributed by atoms with Gasteiger partial charge in [-0.05, 0) is 30.3 Å². The molecule has 0 fully saturated rings. The number of sulfonamides is 1. The number of para-hydroxylation sites is 1. The smallest absolute Gasteiger partial charge is 0.306 e. The summed E-state index contributed by atoms with van der Waals surface area (Å²) in [5, 5.41) is 14.2. The normalized spacial score (nSPS) is 11.0. The van der Waals surface area contributed by atoms with Gasteiger partial charge in [-0.1, -0.05) is 23.7 Å². The number of nitriles is 1. The van der Waals surface area contributed by atoms with Gasteiger partial charge < -0.3 is 10.6 Å². The van der Waals surface area contributed by atoms with Crippen molar-refractivity contribution in [1.29, 1.82) is 5.26 Å². The van der Waals surface area contributed by atoms with Crippen molar-refractivity contribution in [3.05, 3.63) is 53.1 Å². The van der Waals surface area contributed by atoms with E-state index in [9.17, 15) is 13.2 Å². The summed E-state index contributed by atoms with van der Waals surface area (Å²) >= 11 is 6.03. The number of halogens is 1. The number of benzene rings is 2. The molecule has 9 heteroatoms. The maximum atomic E-state index is 12.2. The number of urea groups is 1. The lowest BCUT2D eigenvalue weighted by atomic mass is 10.2. The van der Waals surface area contributed by atoms with Crippen molar-refractivity contribution in [1.82, 2.24) is 4.31 Å². The second kappa shape index (κ2) is 7.53. The van der Waals surface area contributed by atoms with Crippen LogP contribution in [0.2, 0.25) is 5.02 Å². The van der Waals surface area contributed by atoms with Crippen LogP contribution in [0.3, 0.4) is 0 Å². The minimum Gasteiger partial charge on any atom is -0.306 e. The molecule has 0 aromatic heterocycles. The molecule has 0 saturated carbocycles. The standard InChI is InChI=1S/C16H15ClN4O3S/c1-21(2)25(23,24)12-7-8-13(17)15(9-12)20-16(22)19-14-6-4-3-5-11(14)10-18/h3-9H,1-2H3,(H2,19,20,22). The number of hydrogen-bond acceptors (Lipinski definition) is 4. The maximum Gasteiger partial charge on any atom is 0.323 e. The van der Waals surface area contributed by atoms with Gasteiger partial charge in [-0.2, -0.15) is 5.26 Å². The molecule has 0 aliphatic carbocycles. The van der Waals surface area contributed by atoms with Gasteiger partial charge in [0.2, 0.25) is 10.0 Å². The summed E-state index contributed by atoms with van der Waals surface area (Å²) in [6, 6.07) is 11.8. The van der Waals surface area contributed by atoms with Crippen LogP contribution in [0.25, 0.3) is 0 Å². The number of hydrogen-bond donors (Lipinski definition) is 2. The number of anilines is 2. The maximum absolute atomic E-state index is 12.2. The lowest BCUT2D eigenvalue weighted by molar-refractivity contribution is 0.262. The summed E-state index contributed by atoms with van der Waals surface area (Å²) in [5.74, 6) is 0. The summed E-state index contributed by atoms with van der Waals surface area (Å²) in [5.41, 5.74) is 0.764. The highest BCUT2D eigenvalue weighted by molar-refractivity contribution is 7.89. The molecule has 2 aromatic rings. The molecule has 0 saturated heterocycles. The van der Waals surface area contributed by atoms with Crippen molar-refractivity contribution in [3.63, 3.8) is 0 Å². The van der Waals surface area contributed by atoms with Gasteiger partial charge in [0.25, 0.3) is 0 Å². The highest BCUT2D eigenvalue weighted by Gasteiger charge is 2.19. The van der Waals surface area contributed by atoms with Gasteiger partial charge in [0, 0.05) is 14.1 Å². The predicted octanol–water partition coefficient (Wildman–Crippen LogP) is 3.11. The summed E-state index contributed by atoms with van der Waals surface area (Å²) in [7, 11) is -0.851. The number of amides is 2. The van der Waals surface area contributed by atoms with Crippen LogP contribution in [0.5, 0.6) is 0 Å². The number of rotatable bonds is 4. The molecule has 0 aliphatic rings. The minimum absolute atomic E-state index is 0.00498. The highest BCUT2D eigenvalue weighted by Crippen LogP contribution is 2.26. The Labute approximate surface area is 150 Å². The first-order chi connectivity index (χ1) is 11.8. The summed E-state index contributed by atoms with van der Waals surface area (Å²) < 4.78 is 25.4. The molecule has 25 heavy (non-hydrogen) atoms. The van der Waals surface area contributed by atoms with Gasteiger partial charge in [0.05, 0.1) is 26.9 Å². The lowest BCUT2D eigenvalue weighted by Crippen LogP contribution is -2.23. The molecule has 2 amide bonds. The number of nitrogens with zero attached hydrogens (tertiary/aromatic N) is 2.